The summed E-state index contributed by atoms with van der Waals surface area (Å²) < 4.78 is 5.71. The summed E-state index contributed by atoms with van der Waals surface area (Å²) in [5.74, 6) is 0. The maximum atomic E-state index is 12.7. The number of aromatic nitrogens is 1. The zero-order valence-electron chi connectivity index (χ0n) is 15.1. The Bertz CT molecular complexity index is 692. The maximum absolute atomic E-state index is 12.7. The van der Waals surface area contributed by atoms with Crippen molar-refractivity contribution < 1.29 is 9.53 Å². The van der Waals surface area contributed by atoms with Crippen LogP contribution < -0.4 is 5.32 Å². The molecule has 0 aliphatic carbocycles. The molecule has 1 aliphatic heterocycles. The highest BCUT2D eigenvalue weighted by molar-refractivity contribution is 5.83. The number of nitrogens with zero attached hydrogens (tertiary/aromatic N) is 2. The Hall–Kier alpha value is -2.05. The summed E-state index contributed by atoms with van der Waals surface area (Å²) in [6.45, 7) is 3.54. The van der Waals surface area contributed by atoms with E-state index in [1.54, 1.807) is 0 Å². The van der Waals surface area contributed by atoms with Crippen LogP contribution in [0.15, 0.2) is 30.5 Å². The smallest absolute Gasteiger partial charge is 0.317 e. The van der Waals surface area contributed by atoms with Gasteiger partial charge in [0.05, 0.1) is 6.10 Å². The van der Waals surface area contributed by atoms with Gasteiger partial charge in [-0.2, -0.15) is 0 Å². The number of fused-ring (bicyclic) bond motifs is 1. The number of carbonyl (C=O) groups is 1. The second-order valence-corrected chi connectivity index (χ2v) is 6.90. The molecule has 2 N–H and O–H groups in total. The molecular formula is C19H28N4O2. The van der Waals surface area contributed by atoms with Crippen LogP contribution in [-0.4, -0.2) is 67.3 Å². The van der Waals surface area contributed by atoms with E-state index in [4.69, 9.17) is 4.74 Å². The Morgan fingerprint density at radius 2 is 2.20 bits per heavy atom. The molecular weight excluding hydrogens is 316 g/mol. The number of urea groups is 1. The minimum absolute atomic E-state index is 0.0233. The number of aromatic amines is 1. The van der Waals surface area contributed by atoms with E-state index in [2.05, 4.69) is 21.3 Å². The number of likely N-dealkylation sites (N-methyl/N-ethyl adjacent to an activating group) is 1. The van der Waals surface area contributed by atoms with E-state index in [1.807, 2.05) is 43.4 Å². The second kappa shape index (κ2) is 8.36. The standard InChI is InChI=1S/C19H28N4O2/c1-22(2)10-11-23(14-16-6-4-12-25-16)19(24)21-13-15-5-3-7-18-17(15)8-9-20-18/h3,5,7-9,16,20H,4,6,10-14H2,1-2H3,(H,21,24)/t16-/m0/s1. The summed E-state index contributed by atoms with van der Waals surface area (Å²) in [6, 6.07) is 8.14. The van der Waals surface area contributed by atoms with Crippen LogP contribution in [0.1, 0.15) is 18.4 Å². The molecule has 25 heavy (non-hydrogen) atoms. The van der Waals surface area contributed by atoms with Crippen molar-refractivity contribution in [1.82, 2.24) is 20.1 Å². The molecule has 1 atom stereocenters. The third-order valence-electron chi connectivity index (χ3n) is 4.67. The minimum atomic E-state index is -0.0233. The summed E-state index contributed by atoms with van der Waals surface area (Å²) in [6.07, 6.45) is 4.22. The number of benzene rings is 1. The van der Waals surface area contributed by atoms with Crippen LogP contribution in [0, 0.1) is 0 Å². The molecule has 1 aromatic heterocycles. The fraction of sp³-hybridized carbons (Fsp3) is 0.526. The molecule has 0 radical (unpaired) electrons. The van der Waals surface area contributed by atoms with Crippen LogP contribution in [0.25, 0.3) is 10.9 Å². The predicted molar refractivity (Wildman–Crippen MR) is 99.6 cm³/mol. The first-order valence-corrected chi connectivity index (χ1v) is 8.97. The van der Waals surface area contributed by atoms with Crippen LogP contribution in [0.4, 0.5) is 4.79 Å². The molecule has 136 valence electrons. The Labute approximate surface area is 149 Å². The molecule has 0 unspecified atom stereocenters. The van der Waals surface area contributed by atoms with E-state index >= 15 is 0 Å². The third-order valence-corrected chi connectivity index (χ3v) is 4.67. The number of hydrogen-bond donors (Lipinski definition) is 2. The third kappa shape index (κ3) is 4.74. The van der Waals surface area contributed by atoms with Crippen LogP contribution in [-0.2, 0) is 11.3 Å². The molecule has 0 saturated carbocycles. The lowest BCUT2D eigenvalue weighted by atomic mass is 10.1. The molecule has 0 spiro atoms. The first-order chi connectivity index (χ1) is 12.1. The van der Waals surface area contributed by atoms with Gasteiger partial charge in [-0.05, 0) is 44.6 Å². The van der Waals surface area contributed by atoms with Crippen molar-refractivity contribution in [3.63, 3.8) is 0 Å². The van der Waals surface area contributed by atoms with Crippen molar-refractivity contribution in [2.45, 2.75) is 25.5 Å². The van der Waals surface area contributed by atoms with Gasteiger partial charge in [0.2, 0.25) is 0 Å². The summed E-state index contributed by atoms with van der Waals surface area (Å²) in [4.78, 5) is 19.9. The lowest BCUT2D eigenvalue weighted by Gasteiger charge is -2.27. The highest BCUT2D eigenvalue weighted by Crippen LogP contribution is 2.17. The lowest BCUT2D eigenvalue weighted by Crippen LogP contribution is -2.46. The van der Waals surface area contributed by atoms with E-state index in [0.717, 1.165) is 42.5 Å². The predicted octanol–water partition coefficient (Wildman–Crippen LogP) is 2.42. The quantitative estimate of drug-likeness (QED) is 0.811. The molecule has 1 aromatic carbocycles. The number of ether oxygens (including phenoxy) is 1. The first-order valence-electron chi connectivity index (χ1n) is 8.97. The summed E-state index contributed by atoms with van der Waals surface area (Å²) in [5, 5.41) is 4.23. The number of rotatable bonds is 7. The van der Waals surface area contributed by atoms with Gasteiger partial charge in [0.25, 0.3) is 0 Å². The minimum Gasteiger partial charge on any atom is -0.376 e. The number of nitrogens with one attached hydrogen (secondary N) is 2. The molecule has 2 amide bonds. The number of carbonyl (C=O) groups excluding carboxylic acids is 1. The van der Waals surface area contributed by atoms with Gasteiger partial charge in [-0.1, -0.05) is 12.1 Å². The maximum Gasteiger partial charge on any atom is 0.317 e. The van der Waals surface area contributed by atoms with Crippen molar-refractivity contribution in [3.05, 3.63) is 36.0 Å². The highest BCUT2D eigenvalue weighted by Gasteiger charge is 2.22. The van der Waals surface area contributed by atoms with Gasteiger partial charge in [0.15, 0.2) is 0 Å². The van der Waals surface area contributed by atoms with Crippen molar-refractivity contribution in [1.29, 1.82) is 0 Å². The topological polar surface area (TPSA) is 60.6 Å². The van der Waals surface area contributed by atoms with E-state index in [-0.39, 0.29) is 12.1 Å². The molecule has 1 saturated heterocycles. The molecule has 1 aliphatic rings. The van der Waals surface area contributed by atoms with Crippen LogP contribution in [0.2, 0.25) is 0 Å². The molecule has 0 bridgehead atoms. The van der Waals surface area contributed by atoms with Gasteiger partial charge < -0.3 is 24.8 Å². The summed E-state index contributed by atoms with van der Waals surface area (Å²) >= 11 is 0. The Morgan fingerprint density at radius 1 is 1.32 bits per heavy atom. The fourth-order valence-electron chi connectivity index (χ4n) is 3.22. The normalized spacial score (nSPS) is 17.3. The molecule has 6 nitrogen and oxygen atoms in total. The van der Waals surface area contributed by atoms with Crippen LogP contribution in [0.3, 0.4) is 0 Å². The second-order valence-electron chi connectivity index (χ2n) is 6.90. The first kappa shape index (κ1) is 17.8. The molecule has 2 aromatic rings. The lowest BCUT2D eigenvalue weighted by molar-refractivity contribution is 0.0795. The molecule has 6 heteroatoms. The Balaban J connectivity index is 1.61. The SMILES string of the molecule is CN(C)CCN(C[C@@H]1CCCO1)C(=O)NCc1cccc2[nH]ccc12. The van der Waals surface area contributed by atoms with Gasteiger partial charge in [0, 0.05) is 49.9 Å². The van der Waals surface area contributed by atoms with Crippen molar-refractivity contribution >= 4 is 16.9 Å². The highest BCUT2D eigenvalue weighted by atomic mass is 16.5. The monoisotopic (exact) mass is 344 g/mol. The van der Waals surface area contributed by atoms with Gasteiger partial charge in [-0.15, -0.1) is 0 Å². The van der Waals surface area contributed by atoms with Gasteiger partial charge in [-0.3, -0.25) is 0 Å². The van der Waals surface area contributed by atoms with E-state index in [1.165, 1.54) is 0 Å². The van der Waals surface area contributed by atoms with Gasteiger partial charge >= 0.3 is 6.03 Å². The van der Waals surface area contributed by atoms with Crippen LogP contribution in [0.5, 0.6) is 0 Å². The average Bonchev–Trinajstić information content (AvgIpc) is 3.27. The van der Waals surface area contributed by atoms with Gasteiger partial charge in [-0.25, -0.2) is 4.79 Å². The zero-order valence-corrected chi connectivity index (χ0v) is 15.1. The molecule has 3 rings (SSSR count). The van der Waals surface area contributed by atoms with Crippen molar-refractivity contribution in [2.24, 2.45) is 0 Å². The number of amides is 2. The fourth-order valence-corrected chi connectivity index (χ4v) is 3.22. The van der Waals surface area contributed by atoms with Crippen molar-refractivity contribution in [3.8, 4) is 0 Å². The Morgan fingerprint density at radius 3 is 2.96 bits per heavy atom. The molecule has 1 fully saturated rings. The van der Waals surface area contributed by atoms with Gasteiger partial charge in [0.1, 0.15) is 0 Å². The van der Waals surface area contributed by atoms with E-state index < -0.39 is 0 Å². The van der Waals surface area contributed by atoms with E-state index in [9.17, 15) is 4.79 Å². The van der Waals surface area contributed by atoms with E-state index in [0.29, 0.717) is 19.6 Å². The number of hydrogen-bond acceptors (Lipinski definition) is 3. The molecule has 2 heterocycles. The largest absolute Gasteiger partial charge is 0.376 e. The average molecular weight is 344 g/mol. The number of H-pyrrole nitrogens is 1. The van der Waals surface area contributed by atoms with Crippen LogP contribution >= 0.6 is 0 Å². The summed E-state index contributed by atoms with van der Waals surface area (Å²) in [5.41, 5.74) is 2.22. The van der Waals surface area contributed by atoms with Crippen molar-refractivity contribution in [2.75, 3.05) is 40.3 Å². The summed E-state index contributed by atoms with van der Waals surface area (Å²) in [7, 11) is 4.05. The zero-order chi connectivity index (χ0) is 17.6. The Kier molecular flexibility index (Phi) is 5.94.